The quantitative estimate of drug-likeness (QED) is 0.887. The Hall–Kier alpha value is -2.37. The first-order chi connectivity index (χ1) is 9.83. The van der Waals surface area contributed by atoms with Gasteiger partial charge in [0, 0.05) is 13.1 Å². The van der Waals surface area contributed by atoms with Crippen LogP contribution in [0.2, 0.25) is 0 Å². The molecule has 0 saturated carbocycles. The van der Waals surface area contributed by atoms with Crippen LogP contribution in [0.15, 0.2) is 36.9 Å². The average Bonchev–Trinajstić information content (AvgIpc) is 3.00. The van der Waals surface area contributed by atoms with E-state index in [1.165, 1.54) is 0 Å². The van der Waals surface area contributed by atoms with Gasteiger partial charge in [-0.15, -0.1) is 10.2 Å². The molecule has 1 N–H and O–H groups in total. The van der Waals surface area contributed by atoms with E-state index in [0.29, 0.717) is 19.7 Å². The predicted octanol–water partition coefficient (Wildman–Crippen LogP) is 0.646. The molecule has 104 valence electrons. The lowest BCUT2D eigenvalue weighted by Crippen LogP contribution is -2.38. The molecule has 0 fully saturated rings. The Bertz CT molecular complexity index is 583. The number of fused-ring (bicyclic) bond motifs is 1. The third kappa shape index (κ3) is 2.79. The highest BCUT2D eigenvalue weighted by Gasteiger charge is 2.25. The summed E-state index contributed by atoms with van der Waals surface area (Å²) in [5.41, 5.74) is 1.10. The highest BCUT2D eigenvalue weighted by molar-refractivity contribution is 5.79. The first kappa shape index (κ1) is 12.7. The largest absolute Gasteiger partial charge is 0.492 e. The second kappa shape index (κ2) is 5.73. The molecule has 0 spiro atoms. The minimum Gasteiger partial charge on any atom is -0.492 e. The average molecular weight is 272 g/mol. The summed E-state index contributed by atoms with van der Waals surface area (Å²) >= 11 is 0. The third-order valence-corrected chi connectivity index (χ3v) is 3.39. The molecule has 0 aliphatic carbocycles. The van der Waals surface area contributed by atoms with Gasteiger partial charge in [0.25, 0.3) is 0 Å². The van der Waals surface area contributed by atoms with Gasteiger partial charge >= 0.3 is 0 Å². The Morgan fingerprint density at radius 2 is 2.15 bits per heavy atom. The van der Waals surface area contributed by atoms with E-state index < -0.39 is 0 Å². The number of hydrogen-bond acceptors (Lipinski definition) is 4. The smallest absolute Gasteiger partial charge is 0.226 e. The van der Waals surface area contributed by atoms with Gasteiger partial charge in [-0.3, -0.25) is 4.79 Å². The molecule has 0 unspecified atom stereocenters. The Morgan fingerprint density at radius 3 is 3.00 bits per heavy atom. The number of carbonyl (C=O) groups excluding carboxylic acids is 1. The summed E-state index contributed by atoms with van der Waals surface area (Å²) < 4.78 is 7.45. The first-order valence-electron chi connectivity index (χ1n) is 6.64. The summed E-state index contributed by atoms with van der Waals surface area (Å²) in [6, 6.07) is 7.86. The van der Waals surface area contributed by atoms with Gasteiger partial charge in [0.05, 0.1) is 5.92 Å². The second-order valence-corrected chi connectivity index (χ2v) is 4.81. The standard InChI is InChI=1S/C14H16N4O2/c19-14(15-5-6-18-9-16-17-10-18)12-7-11-3-1-2-4-13(11)20-8-12/h1-4,9-10,12H,5-8H2,(H,15,19)/t12-/m1/s1. The van der Waals surface area contributed by atoms with Gasteiger partial charge < -0.3 is 14.6 Å². The van der Waals surface area contributed by atoms with Crippen molar-refractivity contribution in [2.24, 2.45) is 5.92 Å². The van der Waals surface area contributed by atoms with Crippen LogP contribution in [0.3, 0.4) is 0 Å². The molecule has 20 heavy (non-hydrogen) atoms. The molecule has 1 amide bonds. The number of hydrogen-bond donors (Lipinski definition) is 1. The Kier molecular flexibility index (Phi) is 3.62. The Balaban J connectivity index is 1.51. The molecule has 2 heterocycles. The second-order valence-electron chi connectivity index (χ2n) is 4.81. The van der Waals surface area contributed by atoms with Gasteiger partial charge in [-0.1, -0.05) is 18.2 Å². The van der Waals surface area contributed by atoms with Crippen LogP contribution in [0.25, 0.3) is 0 Å². The van der Waals surface area contributed by atoms with Gasteiger partial charge in [0.15, 0.2) is 0 Å². The summed E-state index contributed by atoms with van der Waals surface area (Å²) in [6.07, 6.45) is 3.99. The molecular formula is C14H16N4O2. The molecule has 0 saturated heterocycles. The van der Waals surface area contributed by atoms with Crippen LogP contribution in [0.1, 0.15) is 5.56 Å². The SMILES string of the molecule is O=C(NCCn1cnnc1)[C@H]1COc2ccccc2C1. The number of rotatable bonds is 4. The van der Waals surface area contributed by atoms with E-state index in [0.717, 1.165) is 17.7 Å². The van der Waals surface area contributed by atoms with E-state index in [9.17, 15) is 4.79 Å². The number of carbonyl (C=O) groups is 1. The lowest BCUT2D eigenvalue weighted by molar-refractivity contribution is -0.126. The summed E-state index contributed by atoms with van der Waals surface area (Å²) in [6.45, 7) is 1.67. The molecule has 6 heteroatoms. The van der Waals surface area contributed by atoms with Crippen molar-refractivity contribution in [1.82, 2.24) is 20.1 Å². The topological polar surface area (TPSA) is 69.0 Å². The monoisotopic (exact) mass is 272 g/mol. The van der Waals surface area contributed by atoms with Crippen LogP contribution in [-0.2, 0) is 17.8 Å². The van der Waals surface area contributed by atoms with E-state index >= 15 is 0 Å². The summed E-state index contributed by atoms with van der Waals surface area (Å²) in [4.78, 5) is 12.1. The van der Waals surface area contributed by atoms with Crippen molar-refractivity contribution in [3.05, 3.63) is 42.5 Å². The van der Waals surface area contributed by atoms with Gasteiger partial charge in [0.1, 0.15) is 25.0 Å². The maximum Gasteiger partial charge on any atom is 0.226 e. The maximum atomic E-state index is 12.1. The maximum absolute atomic E-state index is 12.1. The molecule has 1 aromatic carbocycles. The summed E-state index contributed by atoms with van der Waals surface area (Å²) in [5, 5.41) is 10.4. The minimum absolute atomic E-state index is 0.0348. The molecule has 0 bridgehead atoms. The molecule has 1 aromatic heterocycles. The minimum atomic E-state index is -0.120. The first-order valence-corrected chi connectivity index (χ1v) is 6.64. The van der Waals surface area contributed by atoms with Crippen LogP contribution < -0.4 is 10.1 Å². The fourth-order valence-corrected chi connectivity index (χ4v) is 2.29. The molecule has 1 aliphatic heterocycles. The van der Waals surface area contributed by atoms with E-state index in [1.54, 1.807) is 12.7 Å². The number of nitrogens with one attached hydrogen (secondary N) is 1. The van der Waals surface area contributed by atoms with E-state index in [-0.39, 0.29) is 11.8 Å². The normalized spacial score (nSPS) is 17.1. The number of aromatic nitrogens is 3. The van der Waals surface area contributed by atoms with Gasteiger partial charge in [-0.05, 0) is 18.1 Å². The zero-order chi connectivity index (χ0) is 13.8. The fraction of sp³-hybridized carbons (Fsp3) is 0.357. The van der Waals surface area contributed by atoms with Crippen molar-refractivity contribution in [3.8, 4) is 5.75 Å². The lowest BCUT2D eigenvalue weighted by atomic mass is 9.96. The highest BCUT2D eigenvalue weighted by Crippen LogP contribution is 2.26. The van der Waals surface area contributed by atoms with Crippen molar-refractivity contribution >= 4 is 5.91 Å². The summed E-state index contributed by atoms with van der Waals surface area (Å²) in [5.74, 6) is 0.805. The molecule has 3 rings (SSSR count). The van der Waals surface area contributed by atoms with Crippen molar-refractivity contribution in [2.45, 2.75) is 13.0 Å². The van der Waals surface area contributed by atoms with Crippen molar-refractivity contribution in [3.63, 3.8) is 0 Å². The molecule has 1 aliphatic rings. The van der Waals surface area contributed by atoms with Crippen LogP contribution >= 0.6 is 0 Å². The van der Waals surface area contributed by atoms with E-state index in [2.05, 4.69) is 15.5 Å². The van der Waals surface area contributed by atoms with Gasteiger partial charge in [-0.2, -0.15) is 0 Å². The molecule has 1 atom stereocenters. The van der Waals surface area contributed by atoms with E-state index in [1.807, 2.05) is 28.8 Å². The number of amides is 1. The Morgan fingerprint density at radius 1 is 1.35 bits per heavy atom. The number of para-hydroxylation sites is 1. The van der Waals surface area contributed by atoms with Crippen LogP contribution in [-0.4, -0.2) is 33.8 Å². The van der Waals surface area contributed by atoms with Crippen LogP contribution in [0.4, 0.5) is 0 Å². The highest BCUT2D eigenvalue weighted by atomic mass is 16.5. The molecular weight excluding hydrogens is 256 g/mol. The predicted molar refractivity (Wildman–Crippen MR) is 72.2 cm³/mol. The Labute approximate surface area is 116 Å². The van der Waals surface area contributed by atoms with Crippen molar-refractivity contribution in [2.75, 3.05) is 13.2 Å². The van der Waals surface area contributed by atoms with Crippen LogP contribution in [0, 0.1) is 5.92 Å². The van der Waals surface area contributed by atoms with Crippen molar-refractivity contribution < 1.29 is 9.53 Å². The van der Waals surface area contributed by atoms with Gasteiger partial charge in [0.2, 0.25) is 5.91 Å². The zero-order valence-electron chi connectivity index (χ0n) is 11.0. The number of benzene rings is 1. The van der Waals surface area contributed by atoms with Crippen molar-refractivity contribution in [1.29, 1.82) is 0 Å². The fourth-order valence-electron chi connectivity index (χ4n) is 2.29. The molecule has 0 radical (unpaired) electrons. The summed E-state index contributed by atoms with van der Waals surface area (Å²) in [7, 11) is 0. The number of ether oxygens (including phenoxy) is 1. The van der Waals surface area contributed by atoms with Gasteiger partial charge in [-0.25, -0.2) is 0 Å². The molecule has 6 nitrogen and oxygen atoms in total. The van der Waals surface area contributed by atoms with E-state index in [4.69, 9.17) is 4.74 Å². The zero-order valence-corrected chi connectivity index (χ0v) is 11.0. The van der Waals surface area contributed by atoms with Crippen LogP contribution in [0.5, 0.6) is 5.75 Å². The number of nitrogens with zero attached hydrogens (tertiary/aromatic N) is 3. The lowest BCUT2D eigenvalue weighted by Gasteiger charge is -2.24. The molecule has 2 aromatic rings. The third-order valence-electron chi connectivity index (χ3n) is 3.39.